The number of anilines is 2. The van der Waals surface area contributed by atoms with E-state index in [-0.39, 0.29) is 28.7 Å². The van der Waals surface area contributed by atoms with E-state index in [1.165, 1.54) is 11.3 Å². The number of nitrogen functional groups attached to an aromatic ring is 1. The number of hydrogen-bond donors (Lipinski definition) is 3. The van der Waals surface area contributed by atoms with Crippen molar-refractivity contribution in [2.45, 2.75) is 66.5 Å². The first-order valence-electron chi connectivity index (χ1n) is 7.25. The largest absolute Gasteiger partial charge is 0.382 e. The number of carbonyl (C=O) groups is 1. The fourth-order valence-corrected chi connectivity index (χ4v) is 3.46. The van der Waals surface area contributed by atoms with Crippen LogP contribution in [0.2, 0.25) is 0 Å². The number of nitrogens with zero attached hydrogens (tertiary/aromatic N) is 1. The zero-order valence-corrected chi connectivity index (χ0v) is 14.9. The molecule has 1 amide bonds. The summed E-state index contributed by atoms with van der Waals surface area (Å²) in [6.07, 6.45) is 0.877. The van der Waals surface area contributed by atoms with E-state index in [2.05, 4.69) is 36.4 Å². The van der Waals surface area contributed by atoms with Crippen molar-refractivity contribution in [3.63, 3.8) is 0 Å². The molecule has 0 aliphatic carbocycles. The van der Waals surface area contributed by atoms with Gasteiger partial charge in [0.25, 0.3) is 5.91 Å². The maximum Gasteiger partial charge on any atom is 0.265 e. The standard InChI is InChI=1S/C15H28N4OS/c1-9(2)17-13-18-11(16)10(21-13)12(20)19-15(6,7)8-14(3,4)5/h9H,8,16H2,1-7H3,(H,17,18)(H,19,20). The van der Waals surface area contributed by atoms with Crippen molar-refractivity contribution >= 4 is 28.2 Å². The molecule has 1 heterocycles. The predicted molar refractivity (Wildman–Crippen MR) is 90.9 cm³/mol. The van der Waals surface area contributed by atoms with Crippen LogP contribution in [0.1, 0.15) is 64.6 Å². The highest BCUT2D eigenvalue weighted by Crippen LogP contribution is 2.29. The Morgan fingerprint density at radius 2 is 1.86 bits per heavy atom. The summed E-state index contributed by atoms with van der Waals surface area (Å²) < 4.78 is 0. The Balaban J connectivity index is 2.82. The number of amides is 1. The molecule has 120 valence electrons. The highest BCUT2D eigenvalue weighted by molar-refractivity contribution is 7.18. The van der Waals surface area contributed by atoms with E-state index in [1.807, 2.05) is 27.7 Å². The second-order valence-electron chi connectivity index (χ2n) is 7.61. The maximum atomic E-state index is 12.4. The van der Waals surface area contributed by atoms with Crippen LogP contribution < -0.4 is 16.4 Å². The molecule has 0 aromatic carbocycles. The van der Waals surface area contributed by atoms with Gasteiger partial charge in [-0.2, -0.15) is 0 Å². The maximum absolute atomic E-state index is 12.4. The smallest absolute Gasteiger partial charge is 0.265 e. The number of hydrogen-bond acceptors (Lipinski definition) is 5. The van der Waals surface area contributed by atoms with Gasteiger partial charge in [0, 0.05) is 11.6 Å². The molecule has 0 saturated heterocycles. The Hall–Kier alpha value is -1.30. The van der Waals surface area contributed by atoms with Gasteiger partial charge in [0.15, 0.2) is 5.13 Å². The molecule has 0 bridgehead atoms. The average molecular weight is 312 g/mol. The first-order valence-corrected chi connectivity index (χ1v) is 8.07. The van der Waals surface area contributed by atoms with Gasteiger partial charge in [-0.1, -0.05) is 32.1 Å². The van der Waals surface area contributed by atoms with E-state index in [9.17, 15) is 4.79 Å². The second kappa shape index (κ2) is 6.22. The number of rotatable bonds is 5. The van der Waals surface area contributed by atoms with Crippen LogP contribution >= 0.6 is 11.3 Å². The lowest BCUT2D eigenvalue weighted by atomic mass is 9.82. The zero-order valence-electron chi connectivity index (χ0n) is 14.1. The molecule has 1 rings (SSSR count). The summed E-state index contributed by atoms with van der Waals surface area (Å²) in [6.45, 7) is 14.6. The van der Waals surface area contributed by atoms with Crippen molar-refractivity contribution in [3.05, 3.63) is 4.88 Å². The molecule has 6 heteroatoms. The van der Waals surface area contributed by atoms with Crippen LogP contribution in [-0.2, 0) is 0 Å². The van der Waals surface area contributed by atoms with Gasteiger partial charge in [0.1, 0.15) is 10.7 Å². The Labute approximate surface area is 131 Å². The highest BCUT2D eigenvalue weighted by Gasteiger charge is 2.29. The molecule has 1 aromatic rings. The summed E-state index contributed by atoms with van der Waals surface area (Å²) in [6, 6.07) is 0.254. The number of nitrogens with one attached hydrogen (secondary N) is 2. The molecular formula is C15H28N4OS. The third kappa shape index (κ3) is 5.91. The van der Waals surface area contributed by atoms with E-state index in [0.29, 0.717) is 10.0 Å². The van der Waals surface area contributed by atoms with Crippen LogP contribution in [0.15, 0.2) is 0 Å². The Morgan fingerprint density at radius 3 is 2.33 bits per heavy atom. The molecule has 0 aliphatic rings. The molecule has 0 fully saturated rings. The Bertz CT molecular complexity index is 500. The van der Waals surface area contributed by atoms with Crippen LogP contribution in [0.5, 0.6) is 0 Å². The third-order valence-electron chi connectivity index (χ3n) is 2.70. The third-order valence-corrected chi connectivity index (χ3v) is 3.70. The Morgan fingerprint density at radius 1 is 1.29 bits per heavy atom. The number of aromatic nitrogens is 1. The molecule has 0 aliphatic heterocycles. The van der Waals surface area contributed by atoms with Crippen molar-refractivity contribution in [2.24, 2.45) is 5.41 Å². The van der Waals surface area contributed by atoms with Crippen LogP contribution in [0.4, 0.5) is 10.9 Å². The van der Waals surface area contributed by atoms with Crippen LogP contribution in [-0.4, -0.2) is 22.5 Å². The van der Waals surface area contributed by atoms with Gasteiger partial charge >= 0.3 is 0 Å². The molecule has 4 N–H and O–H groups in total. The van der Waals surface area contributed by atoms with E-state index in [1.54, 1.807) is 0 Å². The minimum absolute atomic E-state index is 0.139. The van der Waals surface area contributed by atoms with Crippen LogP contribution in [0.25, 0.3) is 0 Å². The number of nitrogens with two attached hydrogens (primary N) is 1. The summed E-state index contributed by atoms with van der Waals surface area (Å²) >= 11 is 1.30. The highest BCUT2D eigenvalue weighted by atomic mass is 32.1. The normalized spacial score (nSPS) is 12.6. The monoisotopic (exact) mass is 312 g/mol. The van der Waals surface area contributed by atoms with E-state index in [0.717, 1.165) is 6.42 Å². The van der Waals surface area contributed by atoms with Gasteiger partial charge in [-0.15, -0.1) is 0 Å². The average Bonchev–Trinajstić information content (AvgIpc) is 2.53. The quantitative estimate of drug-likeness (QED) is 0.777. The first-order chi connectivity index (χ1) is 9.39. The molecule has 0 radical (unpaired) electrons. The van der Waals surface area contributed by atoms with E-state index < -0.39 is 0 Å². The van der Waals surface area contributed by atoms with Gasteiger partial charge in [0.2, 0.25) is 0 Å². The van der Waals surface area contributed by atoms with Crippen molar-refractivity contribution in [1.82, 2.24) is 10.3 Å². The van der Waals surface area contributed by atoms with Crippen molar-refractivity contribution in [1.29, 1.82) is 0 Å². The summed E-state index contributed by atoms with van der Waals surface area (Å²) in [5.74, 6) is 0.128. The summed E-state index contributed by atoms with van der Waals surface area (Å²) in [4.78, 5) is 17.1. The van der Waals surface area contributed by atoms with Crippen molar-refractivity contribution in [3.8, 4) is 0 Å². The Kier molecular flexibility index (Phi) is 5.25. The van der Waals surface area contributed by atoms with Crippen LogP contribution in [0.3, 0.4) is 0 Å². The number of thiazole rings is 1. The molecule has 0 saturated carbocycles. The molecule has 5 nitrogen and oxygen atoms in total. The molecule has 0 unspecified atom stereocenters. The van der Waals surface area contributed by atoms with Gasteiger partial charge in [-0.05, 0) is 39.5 Å². The first kappa shape index (κ1) is 17.8. The van der Waals surface area contributed by atoms with Crippen LogP contribution in [0, 0.1) is 5.41 Å². The minimum Gasteiger partial charge on any atom is -0.382 e. The lowest BCUT2D eigenvalue weighted by Crippen LogP contribution is -2.45. The summed E-state index contributed by atoms with van der Waals surface area (Å²) in [5.41, 5.74) is 5.71. The molecule has 21 heavy (non-hydrogen) atoms. The fraction of sp³-hybridized carbons (Fsp3) is 0.733. The van der Waals surface area contributed by atoms with Gasteiger partial charge in [0.05, 0.1) is 0 Å². The lowest BCUT2D eigenvalue weighted by molar-refractivity contribution is 0.0896. The fourth-order valence-electron chi connectivity index (χ4n) is 2.54. The van der Waals surface area contributed by atoms with E-state index in [4.69, 9.17) is 5.73 Å². The number of carbonyl (C=O) groups excluding carboxylic acids is 1. The predicted octanol–water partition coefficient (Wildman–Crippen LogP) is 3.49. The molecule has 0 spiro atoms. The molecule has 0 atom stereocenters. The topological polar surface area (TPSA) is 80.0 Å². The molecular weight excluding hydrogens is 284 g/mol. The SMILES string of the molecule is CC(C)Nc1nc(N)c(C(=O)NC(C)(C)CC(C)(C)C)s1. The van der Waals surface area contributed by atoms with Crippen molar-refractivity contribution < 1.29 is 4.79 Å². The summed E-state index contributed by atoms with van der Waals surface area (Å²) in [5, 5.41) is 6.91. The minimum atomic E-state index is -0.294. The lowest BCUT2D eigenvalue weighted by Gasteiger charge is -2.33. The second-order valence-corrected chi connectivity index (χ2v) is 8.61. The molecule has 1 aromatic heterocycles. The van der Waals surface area contributed by atoms with Gasteiger partial charge in [-0.25, -0.2) is 4.98 Å². The van der Waals surface area contributed by atoms with Crippen molar-refractivity contribution in [2.75, 3.05) is 11.1 Å². The van der Waals surface area contributed by atoms with Gasteiger partial charge < -0.3 is 16.4 Å². The van der Waals surface area contributed by atoms with E-state index >= 15 is 0 Å². The van der Waals surface area contributed by atoms with Gasteiger partial charge in [-0.3, -0.25) is 4.79 Å². The summed E-state index contributed by atoms with van der Waals surface area (Å²) in [7, 11) is 0. The zero-order chi connectivity index (χ0) is 16.4.